The minimum Gasteiger partial charge on any atom is -0.492 e. The van der Waals surface area contributed by atoms with Crippen molar-refractivity contribution in [1.29, 1.82) is 0 Å². The number of benzene rings is 3. The quantitative estimate of drug-likeness (QED) is 0.156. The average molecular weight is 542 g/mol. The third kappa shape index (κ3) is 8.44. The number of ether oxygens (including phenoxy) is 1. The van der Waals surface area contributed by atoms with Crippen molar-refractivity contribution in [2.75, 3.05) is 31.7 Å². The predicted molar refractivity (Wildman–Crippen MR) is 149 cm³/mol. The molecule has 0 unspecified atom stereocenters. The van der Waals surface area contributed by atoms with Crippen LogP contribution in [0.5, 0.6) is 5.75 Å². The Hall–Kier alpha value is -2.11. The summed E-state index contributed by atoms with van der Waals surface area (Å²) in [5.41, 5.74) is 6.37. The van der Waals surface area contributed by atoms with Crippen LogP contribution in [0.4, 0.5) is 0 Å². The van der Waals surface area contributed by atoms with Crippen molar-refractivity contribution < 1.29 is 4.74 Å². The van der Waals surface area contributed by atoms with E-state index >= 15 is 0 Å². The molecule has 170 valence electrons. The zero-order chi connectivity index (χ0) is 23.2. The molecule has 32 heavy (non-hydrogen) atoms. The molecule has 3 heteroatoms. The van der Waals surface area contributed by atoms with Gasteiger partial charge in [-0.25, -0.2) is 0 Å². The van der Waals surface area contributed by atoms with Crippen LogP contribution in [-0.4, -0.2) is 36.6 Å². The first-order valence-corrected chi connectivity index (χ1v) is 12.9. The lowest BCUT2D eigenvalue weighted by Crippen LogP contribution is -2.19. The van der Waals surface area contributed by atoms with Gasteiger partial charge >= 0.3 is 0 Å². The van der Waals surface area contributed by atoms with E-state index in [-0.39, 0.29) is 0 Å². The summed E-state index contributed by atoms with van der Waals surface area (Å²) in [5.74, 6) is 0.913. The molecule has 2 nitrogen and oxygen atoms in total. The van der Waals surface area contributed by atoms with Gasteiger partial charge in [0.2, 0.25) is 0 Å². The van der Waals surface area contributed by atoms with Crippen molar-refractivity contribution in [2.24, 2.45) is 0 Å². The Morgan fingerprint density at radius 3 is 1.72 bits per heavy atom. The van der Waals surface area contributed by atoms with Gasteiger partial charge in [-0.2, -0.15) is 0 Å². The molecule has 0 aliphatic carbocycles. The molecule has 0 N–H and O–H groups in total. The molecule has 3 aromatic carbocycles. The zero-order valence-electron chi connectivity index (χ0n) is 19.9. The normalized spacial score (nSPS) is 11.4. The summed E-state index contributed by atoms with van der Waals surface area (Å²) in [5, 5.41) is 0. The largest absolute Gasteiger partial charge is 0.492 e. The van der Waals surface area contributed by atoms with Crippen molar-refractivity contribution >= 4 is 33.7 Å². The summed E-state index contributed by atoms with van der Waals surface area (Å²) in [7, 11) is 4.11. The van der Waals surface area contributed by atoms with Crippen LogP contribution in [0, 0.1) is 0 Å². The molecule has 0 aliphatic rings. The highest BCUT2D eigenvalue weighted by Crippen LogP contribution is 2.34. The molecule has 0 spiro atoms. The molecule has 0 atom stereocenters. The summed E-state index contributed by atoms with van der Waals surface area (Å²) in [4.78, 5) is 2.12. The Kier molecular flexibility index (Phi) is 12.1. The third-order valence-electron chi connectivity index (χ3n) is 4.98. The van der Waals surface area contributed by atoms with Gasteiger partial charge in [-0.3, -0.25) is 0 Å². The number of alkyl halides is 1. The van der Waals surface area contributed by atoms with Crippen molar-refractivity contribution in [1.82, 2.24) is 4.90 Å². The maximum absolute atomic E-state index is 5.87. The average Bonchev–Trinajstić information content (AvgIpc) is 2.84. The molecule has 0 fully saturated rings. The van der Waals surface area contributed by atoms with E-state index in [1.54, 1.807) is 0 Å². The molecule has 0 saturated carbocycles. The number of hydrogen-bond acceptors (Lipinski definition) is 2. The van der Waals surface area contributed by atoms with E-state index in [4.69, 9.17) is 4.74 Å². The second-order valence-electron chi connectivity index (χ2n) is 7.80. The minimum atomic E-state index is 0.692. The molecule has 0 aromatic heterocycles. The zero-order valence-corrected chi connectivity index (χ0v) is 22.0. The van der Waals surface area contributed by atoms with Gasteiger partial charge in [-0.05, 0) is 71.3 Å². The number of rotatable bonds is 9. The highest BCUT2D eigenvalue weighted by Gasteiger charge is 2.13. The smallest absolute Gasteiger partial charge is 0.119 e. The van der Waals surface area contributed by atoms with Crippen LogP contribution in [0.25, 0.3) is 11.1 Å². The van der Waals surface area contributed by atoms with Crippen LogP contribution in [0.2, 0.25) is 0 Å². The van der Waals surface area contributed by atoms with E-state index in [9.17, 15) is 0 Å². The number of nitrogens with zero attached hydrogens (tertiary/aromatic N) is 1. The molecule has 3 aromatic rings. The van der Waals surface area contributed by atoms with Gasteiger partial charge in [0.25, 0.3) is 0 Å². The topological polar surface area (TPSA) is 12.5 Å². The second-order valence-corrected chi connectivity index (χ2v) is 8.88. The fourth-order valence-corrected chi connectivity index (χ4v) is 3.35. The van der Waals surface area contributed by atoms with Gasteiger partial charge in [-0.15, -0.1) is 0 Å². The van der Waals surface area contributed by atoms with Crippen molar-refractivity contribution in [3.05, 3.63) is 102 Å². The fraction of sp³-hybridized carbons (Fsp3) is 0.310. The Morgan fingerprint density at radius 2 is 1.25 bits per heavy atom. The van der Waals surface area contributed by atoms with Crippen LogP contribution in [0.3, 0.4) is 0 Å². The molecule has 0 bridgehead atoms. The van der Waals surface area contributed by atoms with Crippen LogP contribution in [-0.2, 0) is 0 Å². The predicted octanol–water partition coefficient (Wildman–Crippen LogP) is 7.83. The SMILES string of the molecule is CC/C(=C(\c1ccccc1)c1ccc(OCCN(C)C)cc1)c1ccccc1.CCCI. The van der Waals surface area contributed by atoms with E-state index in [2.05, 4.69) is 140 Å². The van der Waals surface area contributed by atoms with Crippen LogP contribution >= 0.6 is 22.6 Å². The Bertz CT molecular complexity index is 916. The van der Waals surface area contributed by atoms with Crippen molar-refractivity contribution in [2.45, 2.75) is 26.7 Å². The molecule has 0 aliphatic heterocycles. The van der Waals surface area contributed by atoms with E-state index in [0.717, 1.165) is 18.7 Å². The Balaban J connectivity index is 0.000000837. The number of likely N-dealkylation sites (N-methyl/N-ethyl adjacent to an activating group) is 1. The summed E-state index contributed by atoms with van der Waals surface area (Å²) < 4.78 is 7.16. The lowest BCUT2D eigenvalue weighted by Gasteiger charge is -2.17. The molecule has 0 amide bonds. The first kappa shape index (κ1) is 26.1. The van der Waals surface area contributed by atoms with Crippen LogP contribution in [0.15, 0.2) is 84.9 Å². The highest BCUT2D eigenvalue weighted by molar-refractivity contribution is 14.1. The van der Waals surface area contributed by atoms with Gasteiger partial charge in [0, 0.05) is 6.54 Å². The lowest BCUT2D eigenvalue weighted by atomic mass is 9.88. The van der Waals surface area contributed by atoms with E-state index in [0.29, 0.717) is 6.61 Å². The number of allylic oxidation sites excluding steroid dienone is 1. The Labute approximate surface area is 208 Å². The fourth-order valence-electron chi connectivity index (χ4n) is 3.35. The van der Waals surface area contributed by atoms with Gasteiger partial charge in [0.05, 0.1) is 0 Å². The van der Waals surface area contributed by atoms with Crippen LogP contribution in [0.1, 0.15) is 43.4 Å². The first-order valence-electron chi connectivity index (χ1n) is 11.4. The standard InChI is InChI=1S/C26H29NO.C3H7I/c1-4-25(21-11-7-5-8-12-21)26(22-13-9-6-10-14-22)23-15-17-24(18-16-23)28-20-19-27(2)3;1-2-3-4/h5-18H,4,19-20H2,1-3H3;2-3H2,1H3/b26-25-;. The van der Waals surface area contributed by atoms with Gasteiger partial charge in [0.15, 0.2) is 0 Å². The summed E-state index contributed by atoms with van der Waals surface area (Å²) in [6.45, 7) is 6.00. The van der Waals surface area contributed by atoms with Crippen molar-refractivity contribution in [3.63, 3.8) is 0 Å². The van der Waals surface area contributed by atoms with Crippen molar-refractivity contribution in [3.8, 4) is 5.75 Å². The molecule has 0 heterocycles. The maximum atomic E-state index is 5.87. The van der Waals surface area contributed by atoms with Gasteiger partial charge in [-0.1, -0.05) is 109 Å². The van der Waals surface area contributed by atoms with Crippen LogP contribution < -0.4 is 4.74 Å². The number of halogens is 1. The molecule has 0 radical (unpaired) electrons. The lowest BCUT2D eigenvalue weighted by molar-refractivity contribution is 0.261. The molecular formula is C29H36INO. The Morgan fingerprint density at radius 1 is 0.750 bits per heavy atom. The first-order chi connectivity index (χ1) is 15.6. The van der Waals surface area contributed by atoms with E-state index in [1.807, 2.05) is 0 Å². The molecular weight excluding hydrogens is 505 g/mol. The third-order valence-corrected chi connectivity index (χ3v) is 6.06. The summed E-state index contributed by atoms with van der Waals surface area (Å²) >= 11 is 2.35. The maximum Gasteiger partial charge on any atom is 0.119 e. The van der Waals surface area contributed by atoms with Gasteiger partial charge in [0.1, 0.15) is 12.4 Å². The monoisotopic (exact) mass is 541 g/mol. The van der Waals surface area contributed by atoms with E-state index in [1.165, 1.54) is 38.7 Å². The van der Waals surface area contributed by atoms with Gasteiger partial charge < -0.3 is 9.64 Å². The molecule has 0 saturated heterocycles. The summed E-state index contributed by atoms with van der Waals surface area (Å²) in [6, 6.07) is 29.8. The molecule has 3 rings (SSSR count). The van der Waals surface area contributed by atoms with E-state index < -0.39 is 0 Å². The highest BCUT2D eigenvalue weighted by atomic mass is 127. The minimum absolute atomic E-state index is 0.692. The summed E-state index contributed by atoms with van der Waals surface area (Å²) in [6.07, 6.45) is 2.27. The second kappa shape index (κ2) is 14.9. The number of hydrogen-bond donors (Lipinski definition) is 0.